The molecule has 100 valence electrons. The molecule has 0 aliphatic rings. The minimum atomic E-state index is -1.03. The molecule has 0 saturated heterocycles. The van der Waals surface area contributed by atoms with Crippen molar-refractivity contribution in [3.8, 4) is 0 Å². The van der Waals surface area contributed by atoms with Gasteiger partial charge in [0.1, 0.15) is 5.52 Å². The van der Waals surface area contributed by atoms with E-state index in [-0.39, 0.29) is 5.56 Å². The molecule has 3 aromatic rings. The van der Waals surface area contributed by atoms with E-state index < -0.39 is 12.1 Å². The van der Waals surface area contributed by atoms with E-state index in [0.29, 0.717) is 27.6 Å². The van der Waals surface area contributed by atoms with Crippen LogP contribution in [-0.4, -0.2) is 26.2 Å². The molecule has 1 atom stereocenters. The van der Waals surface area contributed by atoms with Gasteiger partial charge in [0.15, 0.2) is 0 Å². The summed E-state index contributed by atoms with van der Waals surface area (Å²) in [5.41, 5.74) is 2.83. The Bertz CT molecular complexity index is 828. The molecule has 5 heteroatoms. The quantitative estimate of drug-likeness (QED) is 0.698. The molecule has 0 saturated carbocycles. The number of hydrogen-bond acceptors (Lipinski definition) is 4. The standard InChI is InChI=1S/C15H12N2O3/c1-8(18)9-4-2-6-11-13(9)16-12-7-3-5-10(15(19)20)14(12)17-11/h2-8,18H,1H3,(H,19,20)/t8-/m0/s1. The number of fused-ring (bicyclic) bond motifs is 2. The van der Waals surface area contributed by atoms with E-state index >= 15 is 0 Å². The number of carboxylic acids is 1. The molecule has 0 aliphatic carbocycles. The Morgan fingerprint density at radius 3 is 2.30 bits per heavy atom. The van der Waals surface area contributed by atoms with Gasteiger partial charge < -0.3 is 10.2 Å². The molecule has 0 aliphatic heterocycles. The lowest BCUT2D eigenvalue weighted by Crippen LogP contribution is -2.01. The number of aliphatic hydroxyl groups excluding tert-OH is 1. The van der Waals surface area contributed by atoms with Crippen LogP contribution in [0.2, 0.25) is 0 Å². The molecule has 0 bridgehead atoms. The van der Waals surface area contributed by atoms with Crippen LogP contribution in [0.25, 0.3) is 22.1 Å². The first kappa shape index (κ1) is 12.5. The van der Waals surface area contributed by atoms with Crippen LogP contribution in [0, 0.1) is 0 Å². The van der Waals surface area contributed by atoms with Gasteiger partial charge in [-0.2, -0.15) is 0 Å². The molecule has 0 fully saturated rings. The maximum atomic E-state index is 11.2. The van der Waals surface area contributed by atoms with Gasteiger partial charge in [0.25, 0.3) is 0 Å². The molecule has 3 rings (SSSR count). The molecular weight excluding hydrogens is 256 g/mol. The Morgan fingerprint density at radius 2 is 1.65 bits per heavy atom. The third-order valence-corrected chi connectivity index (χ3v) is 3.21. The van der Waals surface area contributed by atoms with E-state index in [4.69, 9.17) is 0 Å². The van der Waals surface area contributed by atoms with Crippen molar-refractivity contribution in [3.05, 3.63) is 47.5 Å². The number of aromatic nitrogens is 2. The maximum absolute atomic E-state index is 11.2. The number of carbonyl (C=O) groups is 1. The van der Waals surface area contributed by atoms with Crippen molar-refractivity contribution in [2.75, 3.05) is 0 Å². The highest BCUT2D eigenvalue weighted by Crippen LogP contribution is 2.25. The summed E-state index contributed by atoms with van der Waals surface area (Å²) in [6, 6.07) is 10.2. The van der Waals surface area contributed by atoms with Crippen LogP contribution in [0.4, 0.5) is 0 Å². The summed E-state index contributed by atoms with van der Waals surface area (Å²) in [7, 11) is 0. The maximum Gasteiger partial charge on any atom is 0.337 e. The van der Waals surface area contributed by atoms with Crippen LogP contribution in [0.1, 0.15) is 28.9 Å². The number of benzene rings is 2. The molecule has 2 N–H and O–H groups in total. The van der Waals surface area contributed by atoms with E-state index in [0.717, 1.165) is 0 Å². The van der Waals surface area contributed by atoms with Crippen molar-refractivity contribution in [3.63, 3.8) is 0 Å². The average Bonchev–Trinajstić information content (AvgIpc) is 2.43. The van der Waals surface area contributed by atoms with Crippen molar-refractivity contribution in [2.24, 2.45) is 0 Å². The molecular formula is C15H12N2O3. The van der Waals surface area contributed by atoms with E-state index in [1.165, 1.54) is 6.07 Å². The number of carboxylic acid groups (broad SMARTS) is 1. The van der Waals surface area contributed by atoms with E-state index in [1.54, 1.807) is 37.3 Å². The van der Waals surface area contributed by atoms with E-state index in [9.17, 15) is 15.0 Å². The molecule has 0 amide bonds. The second-order valence-electron chi connectivity index (χ2n) is 4.59. The minimum Gasteiger partial charge on any atom is -0.478 e. The third kappa shape index (κ3) is 1.88. The third-order valence-electron chi connectivity index (χ3n) is 3.21. The first-order valence-electron chi connectivity index (χ1n) is 6.18. The summed E-state index contributed by atoms with van der Waals surface area (Å²) in [5, 5.41) is 19.0. The van der Waals surface area contributed by atoms with Crippen LogP contribution in [-0.2, 0) is 0 Å². The lowest BCUT2D eigenvalue weighted by molar-refractivity contribution is 0.0699. The Morgan fingerprint density at radius 1 is 1.05 bits per heavy atom. The summed E-state index contributed by atoms with van der Waals surface area (Å²) < 4.78 is 0. The van der Waals surface area contributed by atoms with Crippen LogP contribution in [0.5, 0.6) is 0 Å². The molecule has 0 unspecified atom stereocenters. The fourth-order valence-electron chi connectivity index (χ4n) is 2.25. The predicted octanol–water partition coefficient (Wildman–Crippen LogP) is 2.53. The largest absolute Gasteiger partial charge is 0.478 e. The lowest BCUT2D eigenvalue weighted by Gasteiger charge is -2.09. The number of rotatable bonds is 2. The topological polar surface area (TPSA) is 83.3 Å². The highest BCUT2D eigenvalue weighted by atomic mass is 16.4. The Labute approximate surface area is 114 Å². The Kier molecular flexibility index (Phi) is 2.84. The first-order valence-corrected chi connectivity index (χ1v) is 6.18. The molecule has 5 nitrogen and oxygen atoms in total. The Balaban J connectivity index is 2.43. The zero-order valence-electron chi connectivity index (χ0n) is 10.7. The second kappa shape index (κ2) is 4.54. The number of hydrogen-bond donors (Lipinski definition) is 2. The van der Waals surface area contributed by atoms with Gasteiger partial charge in [0.2, 0.25) is 0 Å². The Hall–Kier alpha value is -2.53. The fraction of sp³-hybridized carbons (Fsp3) is 0.133. The highest BCUT2D eigenvalue weighted by Gasteiger charge is 2.14. The van der Waals surface area contributed by atoms with E-state index in [2.05, 4.69) is 9.97 Å². The van der Waals surface area contributed by atoms with Crippen molar-refractivity contribution < 1.29 is 15.0 Å². The van der Waals surface area contributed by atoms with Crippen LogP contribution >= 0.6 is 0 Å². The number of aliphatic hydroxyl groups is 1. The van der Waals surface area contributed by atoms with Gasteiger partial charge in [-0.15, -0.1) is 0 Å². The SMILES string of the molecule is C[C@H](O)c1cccc2nc3c(C(=O)O)cccc3nc12. The lowest BCUT2D eigenvalue weighted by atomic mass is 10.1. The van der Waals surface area contributed by atoms with Crippen LogP contribution in [0.15, 0.2) is 36.4 Å². The van der Waals surface area contributed by atoms with Gasteiger partial charge >= 0.3 is 5.97 Å². The van der Waals surface area contributed by atoms with Crippen LogP contribution in [0.3, 0.4) is 0 Å². The zero-order valence-corrected chi connectivity index (χ0v) is 10.7. The van der Waals surface area contributed by atoms with Gasteiger partial charge in [-0.25, -0.2) is 14.8 Å². The summed E-state index contributed by atoms with van der Waals surface area (Å²) in [5.74, 6) is -1.03. The monoisotopic (exact) mass is 268 g/mol. The van der Waals surface area contributed by atoms with E-state index in [1.807, 2.05) is 0 Å². The molecule has 2 aromatic carbocycles. The normalized spacial score (nSPS) is 12.7. The van der Waals surface area contributed by atoms with Crippen molar-refractivity contribution in [1.29, 1.82) is 0 Å². The number of nitrogens with zero attached hydrogens (tertiary/aromatic N) is 2. The van der Waals surface area contributed by atoms with Crippen molar-refractivity contribution in [1.82, 2.24) is 9.97 Å². The summed E-state index contributed by atoms with van der Waals surface area (Å²) >= 11 is 0. The first-order chi connectivity index (χ1) is 9.58. The molecule has 0 spiro atoms. The molecule has 20 heavy (non-hydrogen) atoms. The molecule has 1 heterocycles. The van der Waals surface area contributed by atoms with Gasteiger partial charge in [-0.3, -0.25) is 0 Å². The summed E-state index contributed by atoms with van der Waals surface area (Å²) in [6.45, 7) is 1.66. The average molecular weight is 268 g/mol. The van der Waals surface area contributed by atoms with Gasteiger partial charge in [0.05, 0.1) is 28.2 Å². The zero-order chi connectivity index (χ0) is 14.3. The van der Waals surface area contributed by atoms with Crippen molar-refractivity contribution in [2.45, 2.75) is 13.0 Å². The second-order valence-corrected chi connectivity index (χ2v) is 4.59. The smallest absolute Gasteiger partial charge is 0.337 e. The highest BCUT2D eigenvalue weighted by molar-refractivity contribution is 6.02. The van der Waals surface area contributed by atoms with Gasteiger partial charge in [-0.1, -0.05) is 18.2 Å². The predicted molar refractivity (Wildman–Crippen MR) is 74.6 cm³/mol. The molecule has 1 aromatic heterocycles. The van der Waals surface area contributed by atoms with Gasteiger partial charge in [0, 0.05) is 5.56 Å². The van der Waals surface area contributed by atoms with Crippen LogP contribution < -0.4 is 0 Å². The molecule has 0 radical (unpaired) electrons. The number of aromatic carboxylic acids is 1. The fourth-order valence-corrected chi connectivity index (χ4v) is 2.25. The summed E-state index contributed by atoms with van der Waals surface area (Å²) in [4.78, 5) is 20.1. The van der Waals surface area contributed by atoms with Gasteiger partial charge in [-0.05, 0) is 25.1 Å². The minimum absolute atomic E-state index is 0.124. The van der Waals surface area contributed by atoms with Crippen molar-refractivity contribution >= 4 is 28.0 Å². The number of para-hydroxylation sites is 2. The summed E-state index contributed by atoms with van der Waals surface area (Å²) in [6.07, 6.45) is -0.659.